The minimum absolute atomic E-state index is 0.0333. The van der Waals surface area contributed by atoms with E-state index < -0.39 is 5.82 Å². The van der Waals surface area contributed by atoms with E-state index in [9.17, 15) is 4.39 Å². The molecule has 0 aliphatic carbocycles. The van der Waals surface area contributed by atoms with E-state index in [1.165, 1.54) is 12.1 Å². The van der Waals surface area contributed by atoms with Gasteiger partial charge in [0.25, 0.3) is 5.89 Å². The first-order chi connectivity index (χ1) is 17.0. The van der Waals surface area contributed by atoms with Crippen LogP contribution in [0, 0.1) is 5.82 Å². The van der Waals surface area contributed by atoms with Gasteiger partial charge in [-0.05, 0) is 63.9 Å². The molecule has 0 spiro atoms. The summed E-state index contributed by atoms with van der Waals surface area (Å²) in [6.45, 7) is 5.33. The number of aryl methyl sites for hydroxylation is 1. The lowest BCUT2D eigenvalue weighted by molar-refractivity contribution is 0.158. The normalized spacial score (nSPS) is 18.0. The topological polar surface area (TPSA) is 91.4 Å². The van der Waals surface area contributed by atoms with Gasteiger partial charge in [0.05, 0.1) is 29.1 Å². The molecule has 1 unspecified atom stereocenters. The molecule has 35 heavy (non-hydrogen) atoms. The number of fused-ring (bicyclic) bond motifs is 1. The fourth-order valence-electron chi connectivity index (χ4n) is 5.01. The smallest absolute Gasteiger partial charge is 0.268 e. The Balaban J connectivity index is 1.40. The number of piperidine rings is 1. The summed E-state index contributed by atoms with van der Waals surface area (Å²) in [6, 6.07) is 4.44. The SMILES string of the molecule is CC(c1c(Cl)ccc(F)c1Cl)N1CCCc2nnc(-c3nnc(C4CCN(CCO)CC4)o3)cc21. The predicted molar refractivity (Wildman–Crippen MR) is 131 cm³/mol. The number of hydrogen-bond acceptors (Lipinski definition) is 8. The van der Waals surface area contributed by atoms with Gasteiger partial charge in [-0.25, -0.2) is 4.39 Å². The number of anilines is 1. The summed E-state index contributed by atoms with van der Waals surface area (Å²) in [5, 5.41) is 26.9. The molecule has 3 aromatic rings. The highest BCUT2D eigenvalue weighted by atomic mass is 35.5. The fourth-order valence-corrected chi connectivity index (χ4v) is 5.69. The molecule has 0 amide bonds. The van der Waals surface area contributed by atoms with Gasteiger partial charge in [-0.15, -0.1) is 15.3 Å². The van der Waals surface area contributed by atoms with E-state index >= 15 is 0 Å². The molecule has 0 radical (unpaired) electrons. The van der Waals surface area contributed by atoms with Gasteiger partial charge in [0.15, 0.2) is 5.69 Å². The van der Waals surface area contributed by atoms with Crippen LogP contribution in [0.25, 0.3) is 11.6 Å². The molecule has 2 aliphatic heterocycles. The first-order valence-corrected chi connectivity index (χ1v) is 12.7. The molecule has 1 atom stereocenters. The van der Waals surface area contributed by atoms with E-state index in [0.29, 0.717) is 34.6 Å². The van der Waals surface area contributed by atoms with Gasteiger partial charge < -0.3 is 19.3 Å². The molecule has 0 bridgehead atoms. The second-order valence-corrected chi connectivity index (χ2v) is 9.86. The maximum absolute atomic E-state index is 14.2. The van der Waals surface area contributed by atoms with Crippen LogP contribution < -0.4 is 4.90 Å². The first kappa shape index (κ1) is 24.4. The quantitative estimate of drug-likeness (QED) is 0.469. The lowest BCUT2D eigenvalue weighted by Crippen LogP contribution is -2.35. The highest BCUT2D eigenvalue weighted by Crippen LogP contribution is 2.40. The summed E-state index contributed by atoms with van der Waals surface area (Å²) < 4.78 is 20.2. The van der Waals surface area contributed by atoms with Crippen LogP contribution in [0.3, 0.4) is 0 Å². The molecular weight excluding hydrogens is 494 g/mol. The van der Waals surface area contributed by atoms with Crippen molar-refractivity contribution >= 4 is 28.9 Å². The van der Waals surface area contributed by atoms with Gasteiger partial charge in [-0.1, -0.05) is 23.2 Å². The standard InChI is InChI=1S/C24H27Cl2FN6O2/c1-14(21-16(25)4-5-17(27)22(21)26)33-8-2-3-18-20(33)13-19(29-28-18)24-31-30-23(35-24)15-6-9-32(10-7-15)11-12-34/h4-5,13-15,34H,2-3,6-12H2,1H3. The summed E-state index contributed by atoms with van der Waals surface area (Å²) in [5.74, 6) is 0.620. The zero-order chi connectivity index (χ0) is 24.5. The Morgan fingerprint density at radius 2 is 1.94 bits per heavy atom. The first-order valence-electron chi connectivity index (χ1n) is 11.9. The van der Waals surface area contributed by atoms with Gasteiger partial charge in [0.1, 0.15) is 5.82 Å². The van der Waals surface area contributed by atoms with Gasteiger partial charge in [-0.3, -0.25) is 0 Å². The van der Waals surface area contributed by atoms with Crippen LogP contribution in [0.5, 0.6) is 0 Å². The molecule has 4 heterocycles. The monoisotopic (exact) mass is 520 g/mol. The van der Waals surface area contributed by atoms with Crippen molar-refractivity contribution in [1.29, 1.82) is 0 Å². The molecule has 1 saturated heterocycles. The number of rotatable bonds is 6. The zero-order valence-corrected chi connectivity index (χ0v) is 20.9. The number of aromatic nitrogens is 4. The molecule has 5 rings (SSSR count). The lowest BCUT2D eigenvalue weighted by atomic mass is 9.97. The minimum Gasteiger partial charge on any atom is -0.419 e. The number of β-amino-alcohol motifs (C(OH)–C–C–N with tert-alkyl or cyclic N) is 1. The Morgan fingerprint density at radius 1 is 1.14 bits per heavy atom. The molecule has 11 heteroatoms. The van der Waals surface area contributed by atoms with Crippen LogP contribution >= 0.6 is 23.2 Å². The van der Waals surface area contributed by atoms with Crippen molar-refractivity contribution in [1.82, 2.24) is 25.3 Å². The van der Waals surface area contributed by atoms with Crippen molar-refractivity contribution in [2.75, 3.05) is 37.7 Å². The third-order valence-electron chi connectivity index (χ3n) is 6.95. The number of likely N-dealkylation sites (tertiary alicyclic amines) is 1. The maximum Gasteiger partial charge on any atom is 0.268 e. The highest BCUT2D eigenvalue weighted by Gasteiger charge is 2.30. The van der Waals surface area contributed by atoms with E-state index in [2.05, 4.69) is 30.2 Å². The summed E-state index contributed by atoms with van der Waals surface area (Å²) in [4.78, 5) is 4.35. The number of benzene rings is 1. The van der Waals surface area contributed by atoms with Crippen LogP contribution in [0.4, 0.5) is 10.1 Å². The van der Waals surface area contributed by atoms with E-state index in [4.69, 9.17) is 32.7 Å². The Labute approximate surface area is 213 Å². The molecule has 1 N–H and O–H groups in total. The maximum atomic E-state index is 14.2. The summed E-state index contributed by atoms with van der Waals surface area (Å²) in [7, 11) is 0. The number of hydrogen-bond donors (Lipinski definition) is 1. The summed E-state index contributed by atoms with van der Waals surface area (Å²) in [6.07, 6.45) is 3.48. The van der Waals surface area contributed by atoms with E-state index in [1.807, 2.05) is 13.0 Å². The Hall–Kier alpha value is -2.33. The number of aliphatic hydroxyl groups excluding tert-OH is 1. The van der Waals surface area contributed by atoms with Crippen LogP contribution in [0.15, 0.2) is 22.6 Å². The molecule has 2 aromatic heterocycles. The van der Waals surface area contributed by atoms with E-state index in [-0.39, 0.29) is 23.6 Å². The molecule has 0 saturated carbocycles. The Kier molecular flexibility index (Phi) is 7.20. The fraction of sp³-hybridized carbons (Fsp3) is 0.500. The van der Waals surface area contributed by atoms with E-state index in [0.717, 1.165) is 56.7 Å². The van der Waals surface area contributed by atoms with E-state index in [1.54, 1.807) is 0 Å². The number of halogens is 3. The largest absolute Gasteiger partial charge is 0.419 e. The van der Waals surface area contributed by atoms with Crippen molar-refractivity contribution in [2.24, 2.45) is 0 Å². The summed E-state index contributed by atoms with van der Waals surface area (Å²) >= 11 is 12.7. The second-order valence-electron chi connectivity index (χ2n) is 9.08. The zero-order valence-electron chi connectivity index (χ0n) is 19.4. The Morgan fingerprint density at radius 3 is 2.71 bits per heavy atom. The van der Waals surface area contributed by atoms with Crippen LogP contribution in [-0.2, 0) is 6.42 Å². The molecule has 8 nitrogen and oxygen atoms in total. The van der Waals surface area contributed by atoms with Crippen molar-refractivity contribution in [2.45, 2.75) is 44.6 Å². The second kappa shape index (κ2) is 10.3. The molecule has 1 fully saturated rings. The highest BCUT2D eigenvalue weighted by molar-refractivity contribution is 6.36. The van der Waals surface area contributed by atoms with Gasteiger partial charge in [0.2, 0.25) is 5.89 Å². The Bertz CT molecular complexity index is 1200. The van der Waals surface area contributed by atoms with Crippen molar-refractivity contribution < 1.29 is 13.9 Å². The third-order valence-corrected chi connectivity index (χ3v) is 7.66. The predicted octanol–water partition coefficient (Wildman–Crippen LogP) is 4.66. The van der Waals surface area contributed by atoms with Gasteiger partial charge in [0, 0.05) is 29.6 Å². The van der Waals surface area contributed by atoms with Crippen molar-refractivity contribution in [3.63, 3.8) is 0 Å². The summed E-state index contributed by atoms with van der Waals surface area (Å²) in [5.41, 5.74) is 2.77. The molecule has 1 aromatic carbocycles. The molecular formula is C24H27Cl2FN6O2. The average Bonchev–Trinajstić information content (AvgIpc) is 3.37. The van der Waals surface area contributed by atoms with Crippen LogP contribution in [0.1, 0.15) is 55.3 Å². The van der Waals surface area contributed by atoms with Crippen LogP contribution in [-0.4, -0.2) is 63.2 Å². The minimum atomic E-state index is -0.496. The third kappa shape index (κ3) is 4.87. The van der Waals surface area contributed by atoms with Gasteiger partial charge >= 0.3 is 0 Å². The number of nitrogens with zero attached hydrogens (tertiary/aromatic N) is 6. The van der Waals surface area contributed by atoms with Crippen molar-refractivity contribution in [3.05, 3.63) is 51.2 Å². The van der Waals surface area contributed by atoms with Crippen molar-refractivity contribution in [3.8, 4) is 11.6 Å². The number of aliphatic hydroxyl groups is 1. The van der Waals surface area contributed by atoms with Crippen LogP contribution in [0.2, 0.25) is 10.0 Å². The molecule has 2 aliphatic rings. The molecule has 186 valence electrons. The lowest BCUT2D eigenvalue weighted by Gasteiger charge is -2.36. The average molecular weight is 521 g/mol. The van der Waals surface area contributed by atoms with Gasteiger partial charge in [-0.2, -0.15) is 5.10 Å².